The summed E-state index contributed by atoms with van der Waals surface area (Å²) >= 11 is 0. The normalized spacial score (nSPS) is 12.2. The van der Waals surface area contributed by atoms with Crippen LogP contribution in [-0.2, 0) is 0 Å². The first-order valence-electron chi connectivity index (χ1n) is 12.0. The molecule has 0 spiro atoms. The van der Waals surface area contributed by atoms with Crippen LogP contribution in [0.2, 0.25) is 0 Å². The Morgan fingerprint density at radius 2 is 1.09 bits per heavy atom. The lowest BCUT2D eigenvalue weighted by atomic mass is 9.90. The van der Waals surface area contributed by atoms with Gasteiger partial charge in [0.25, 0.3) is 0 Å². The van der Waals surface area contributed by atoms with Gasteiger partial charge in [-0.25, -0.2) is 0 Å². The Balaban J connectivity index is 1.37. The Hall–Kier alpha value is -4.62. The van der Waals surface area contributed by atoms with E-state index < -0.39 is 0 Å². The van der Waals surface area contributed by atoms with E-state index in [2.05, 4.69) is 121 Å². The van der Waals surface area contributed by atoms with Crippen molar-refractivity contribution in [2.75, 3.05) is 0 Å². The second-order valence-electron chi connectivity index (χ2n) is 9.36. The largest absolute Gasteiger partial charge is 0.456 e. The molecule has 0 aromatic heterocycles. The summed E-state index contributed by atoms with van der Waals surface area (Å²) in [5.41, 5.74) is 4.83. The minimum absolute atomic E-state index is 0.914. The van der Waals surface area contributed by atoms with Crippen molar-refractivity contribution in [1.82, 2.24) is 0 Å². The summed E-state index contributed by atoms with van der Waals surface area (Å²) < 4.78 is 6.33. The molecular weight excluding hydrogens is 424 g/mol. The second-order valence-corrected chi connectivity index (χ2v) is 9.36. The molecule has 1 nitrogen and oxygen atoms in total. The first-order chi connectivity index (χ1) is 17.3. The molecule has 0 saturated heterocycles. The summed E-state index contributed by atoms with van der Waals surface area (Å²) in [6.45, 7) is 0. The fraction of sp³-hybridized carbons (Fsp3) is 0. The molecular formula is C34H20O. The van der Waals surface area contributed by atoms with Gasteiger partial charge < -0.3 is 4.74 Å². The summed E-state index contributed by atoms with van der Waals surface area (Å²) in [6, 6.07) is 43.8. The van der Waals surface area contributed by atoms with Gasteiger partial charge in [0.15, 0.2) is 0 Å². The van der Waals surface area contributed by atoms with E-state index in [9.17, 15) is 0 Å². The van der Waals surface area contributed by atoms with Gasteiger partial charge in [-0.05, 0) is 84.7 Å². The van der Waals surface area contributed by atoms with Crippen LogP contribution in [0.1, 0.15) is 0 Å². The zero-order valence-corrected chi connectivity index (χ0v) is 19.0. The average molecular weight is 445 g/mol. The molecule has 0 unspecified atom stereocenters. The molecule has 1 heterocycles. The third-order valence-electron chi connectivity index (χ3n) is 7.41. The molecule has 0 N–H and O–H groups in total. The number of benzene rings is 7. The van der Waals surface area contributed by atoms with Crippen LogP contribution in [0.3, 0.4) is 0 Å². The Morgan fingerprint density at radius 1 is 0.371 bits per heavy atom. The maximum absolute atomic E-state index is 6.33. The van der Waals surface area contributed by atoms with Crippen LogP contribution in [-0.4, -0.2) is 0 Å². The molecule has 162 valence electrons. The van der Waals surface area contributed by atoms with Gasteiger partial charge in [0.1, 0.15) is 11.5 Å². The number of rotatable bonds is 1. The van der Waals surface area contributed by atoms with Gasteiger partial charge in [0, 0.05) is 10.9 Å². The molecule has 1 heteroatoms. The molecule has 8 rings (SSSR count). The van der Waals surface area contributed by atoms with Crippen molar-refractivity contribution < 1.29 is 4.74 Å². The Kier molecular flexibility index (Phi) is 3.72. The van der Waals surface area contributed by atoms with Crippen LogP contribution in [0.25, 0.3) is 65.3 Å². The molecule has 0 amide bonds. The van der Waals surface area contributed by atoms with Crippen LogP contribution in [0.4, 0.5) is 0 Å². The first-order valence-corrected chi connectivity index (χ1v) is 12.0. The van der Waals surface area contributed by atoms with Gasteiger partial charge in [0.05, 0.1) is 0 Å². The average Bonchev–Trinajstić information content (AvgIpc) is 2.92. The smallest absolute Gasteiger partial charge is 0.135 e. The predicted molar refractivity (Wildman–Crippen MR) is 147 cm³/mol. The minimum Gasteiger partial charge on any atom is -0.456 e. The molecule has 0 fully saturated rings. The molecule has 0 saturated carbocycles. The molecule has 0 aliphatic carbocycles. The number of hydrogen-bond acceptors (Lipinski definition) is 1. The predicted octanol–water partition coefficient (Wildman–Crippen LogP) is 9.74. The Labute approximate surface area is 202 Å². The summed E-state index contributed by atoms with van der Waals surface area (Å²) in [6.07, 6.45) is 0. The molecule has 1 aliphatic rings. The second kappa shape index (κ2) is 6.94. The highest BCUT2D eigenvalue weighted by molar-refractivity contribution is 6.14. The van der Waals surface area contributed by atoms with E-state index in [-0.39, 0.29) is 0 Å². The van der Waals surface area contributed by atoms with Gasteiger partial charge in [-0.15, -0.1) is 0 Å². The van der Waals surface area contributed by atoms with E-state index in [0.29, 0.717) is 0 Å². The molecule has 7 aromatic carbocycles. The Morgan fingerprint density at radius 3 is 2.03 bits per heavy atom. The van der Waals surface area contributed by atoms with Crippen LogP contribution in [0.15, 0.2) is 121 Å². The van der Waals surface area contributed by atoms with Crippen molar-refractivity contribution in [3.05, 3.63) is 121 Å². The highest BCUT2D eigenvalue weighted by Crippen LogP contribution is 2.48. The third kappa shape index (κ3) is 2.70. The summed E-state index contributed by atoms with van der Waals surface area (Å²) in [5, 5.41) is 10.1. The topological polar surface area (TPSA) is 9.23 Å². The first kappa shape index (κ1) is 18.8. The standard InChI is InChI=1S/C34H20O/c1-2-10-26-21(6-1)14-15-25-19-29-23(18-30(25)26)9-4-11-27(29)24-16-17-32-31(20-24)28-12-3-7-22-8-5-13-33(35-32)34(22)28/h1-20H. The SMILES string of the molecule is c1cc(-c2ccc3c(c2)-c2cccc4cccc(c24)O3)c2cc3ccc4ccccc4c3cc2c1. The summed E-state index contributed by atoms with van der Waals surface area (Å²) in [7, 11) is 0. The lowest BCUT2D eigenvalue weighted by Crippen LogP contribution is -1.97. The quantitative estimate of drug-likeness (QED) is 0.181. The summed E-state index contributed by atoms with van der Waals surface area (Å²) in [4.78, 5) is 0. The fourth-order valence-corrected chi connectivity index (χ4v) is 5.76. The van der Waals surface area contributed by atoms with Crippen molar-refractivity contribution in [2.45, 2.75) is 0 Å². The van der Waals surface area contributed by atoms with E-state index in [1.807, 2.05) is 0 Å². The van der Waals surface area contributed by atoms with Crippen LogP contribution >= 0.6 is 0 Å². The molecule has 7 aromatic rings. The van der Waals surface area contributed by atoms with E-state index in [4.69, 9.17) is 4.74 Å². The van der Waals surface area contributed by atoms with Crippen LogP contribution in [0, 0.1) is 0 Å². The number of hydrogen-bond donors (Lipinski definition) is 0. The molecule has 35 heavy (non-hydrogen) atoms. The molecule has 0 radical (unpaired) electrons. The van der Waals surface area contributed by atoms with Crippen LogP contribution < -0.4 is 4.74 Å². The van der Waals surface area contributed by atoms with E-state index in [1.165, 1.54) is 59.8 Å². The van der Waals surface area contributed by atoms with Crippen molar-refractivity contribution in [3.8, 4) is 33.8 Å². The van der Waals surface area contributed by atoms with Crippen molar-refractivity contribution in [2.24, 2.45) is 0 Å². The Bertz CT molecular complexity index is 1970. The lowest BCUT2D eigenvalue weighted by molar-refractivity contribution is 0.487. The molecule has 0 bridgehead atoms. The number of fused-ring (bicyclic) bond motifs is 6. The minimum atomic E-state index is 0.914. The van der Waals surface area contributed by atoms with Crippen molar-refractivity contribution in [3.63, 3.8) is 0 Å². The maximum atomic E-state index is 6.33. The van der Waals surface area contributed by atoms with Gasteiger partial charge >= 0.3 is 0 Å². The van der Waals surface area contributed by atoms with Crippen molar-refractivity contribution >= 4 is 43.1 Å². The highest BCUT2D eigenvalue weighted by Gasteiger charge is 2.20. The molecule has 0 atom stereocenters. The van der Waals surface area contributed by atoms with Crippen LogP contribution in [0.5, 0.6) is 11.5 Å². The molecule has 1 aliphatic heterocycles. The summed E-state index contributed by atoms with van der Waals surface area (Å²) in [5.74, 6) is 1.85. The zero-order chi connectivity index (χ0) is 22.9. The fourth-order valence-electron chi connectivity index (χ4n) is 5.76. The monoisotopic (exact) mass is 444 g/mol. The van der Waals surface area contributed by atoms with Gasteiger partial charge in [-0.3, -0.25) is 0 Å². The van der Waals surface area contributed by atoms with Gasteiger partial charge in [-0.2, -0.15) is 0 Å². The van der Waals surface area contributed by atoms with Gasteiger partial charge in [0.2, 0.25) is 0 Å². The van der Waals surface area contributed by atoms with E-state index in [0.717, 1.165) is 17.1 Å². The van der Waals surface area contributed by atoms with Crippen molar-refractivity contribution in [1.29, 1.82) is 0 Å². The van der Waals surface area contributed by atoms with Gasteiger partial charge in [-0.1, -0.05) is 91.0 Å². The lowest BCUT2D eigenvalue weighted by Gasteiger charge is -2.22. The maximum Gasteiger partial charge on any atom is 0.135 e. The van der Waals surface area contributed by atoms with E-state index in [1.54, 1.807) is 0 Å². The highest BCUT2D eigenvalue weighted by atomic mass is 16.5. The zero-order valence-electron chi connectivity index (χ0n) is 19.0. The van der Waals surface area contributed by atoms with E-state index >= 15 is 0 Å². The third-order valence-corrected chi connectivity index (χ3v) is 7.41. The number of ether oxygens (including phenoxy) is 1.